The third-order valence-corrected chi connectivity index (χ3v) is 7.89. The number of fused-ring (bicyclic) bond motifs is 1. The highest BCUT2D eigenvalue weighted by Crippen LogP contribution is 2.43. The third kappa shape index (κ3) is 6.56. The minimum absolute atomic E-state index is 0. The predicted octanol–water partition coefficient (Wildman–Crippen LogP) is 1.21. The average molecular weight is 657 g/mol. The summed E-state index contributed by atoms with van der Waals surface area (Å²) >= 11 is 0. The Hall–Kier alpha value is -4.87. The quantitative estimate of drug-likeness (QED) is 0.224. The maximum atomic E-state index is 13.7. The Balaban J connectivity index is 0.00000480. The fourth-order valence-electron chi connectivity index (χ4n) is 5.73. The van der Waals surface area contributed by atoms with Gasteiger partial charge in [-0.05, 0) is 54.4 Å². The number of nitrogens with zero attached hydrogens (tertiary/aromatic N) is 7. The second kappa shape index (κ2) is 12.9. The molecule has 1 unspecified atom stereocenters. The number of nitrogens with one attached hydrogen (secondary N) is 1. The lowest BCUT2D eigenvalue weighted by Gasteiger charge is -2.36. The summed E-state index contributed by atoms with van der Waals surface area (Å²) in [5.41, 5.74) is 1.32. The lowest BCUT2D eigenvalue weighted by Crippen LogP contribution is -3.00. The van der Waals surface area contributed by atoms with Crippen LogP contribution >= 0.6 is 0 Å². The number of methoxy groups -OCH3 is 1. The number of hydrogen-bond donors (Lipinski definition) is 1. The number of hydrogen-bond acceptors (Lipinski definition) is 7. The highest BCUT2D eigenvalue weighted by Gasteiger charge is 2.41. The van der Waals surface area contributed by atoms with Crippen molar-refractivity contribution in [1.29, 1.82) is 5.26 Å². The zero-order valence-corrected chi connectivity index (χ0v) is 26.5. The Bertz CT molecular complexity index is 1900. The Labute approximate surface area is 269 Å². The Morgan fingerprint density at radius 3 is 2.54 bits per heavy atom. The van der Waals surface area contributed by atoms with E-state index >= 15 is 0 Å². The highest BCUT2D eigenvalue weighted by molar-refractivity contribution is 5.93. The highest BCUT2D eigenvalue weighted by atomic mass is 35.5. The Morgan fingerprint density at radius 1 is 1.17 bits per heavy atom. The van der Waals surface area contributed by atoms with Crippen molar-refractivity contribution in [3.63, 3.8) is 0 Å². The first-order valence-corrected chi connectivity index (χ1v) is 14.0. The third-order valence-electron chi connectivity index (χ3n) is 7.89. The molecule has 1 aliphatic rings. The molecular formula is C31H32ClF3N8O3. The zero-order chi connectivity index (χ0) is 32.7. The maximum Gasteiger partial charge on any atom is 0.416 e. The Kier molecular flexibility index (Phi) is 9.51. The molecule has 5 rings (SSSR count). The summed E-state index contributed by atoms with van der Waals surface area (Å²) in [7, 11) is 7.15. The number of H-pyrrole nitrogens is 1. The van der Waals surface area contributed by atoms with E-state index in [-0.39, 0.29) is 35.3 Å². The fourth-order valence-corrected chi connectivity index (χ4v) is 5.73. The van der Waals surface area contributed by atoms with Crippen LogP contribution in [0.15, 0.2) is 70.8 Å². The standard InChI is InChI=1S/C31H31F3N8O3.ClH/c1-19-26(28(43)45-5)27(41-29(36-37-30(41)44)40(19)24-8-6-7-22(16-24)31(32,33)34)25-10-9-20(17-35)15-21(25)12-14-42(3,4)18-23-11-13-39(2)38-23;/h6-11,13,15-16,27H,12,14,18H2,1-5H3;1H. The number of nitriles is 1. The smallest absolute Gasteiger partial charge is 0.416 e. The molecule has 0 amide bonds. The van der Waals surface area contributed by atoms with Crippen LogP contribution in [-0.2, 0) is 35.7 Å². The molecule has 1 atom stereocenters. The van der Waals surface area contributed by atoms with Gasteiger partial charge in [-0.2, -0.15) is 23.5 Å². The van der Waals surface area contributed by atoms with Crippen molar-refractivity contribution >= 4 is 17.6 Å². The first-order chi connectivity index (χ1) is 21.2. The second-order valence-electron chi connectivity index (χ2n) is 11.5. The van der Waals surface area contributed by atoms with E-state index in [1.807, 2.05) is 19.3 Å². The number of carbonyl (C=O) groups is 1. The number of benzene rings is 2. The maximum absolute atomic E-state index is 13.7. The number of esters is 1. The zero-order valence-electron chi connectivity index (χ0n) is 25.8. The van der Waals surface area contributed by atoms with Gasteiger partial charge in [-0.3, -0.25) is 9.58 Å². The van der Waals surface area contributed by atoms with E-state index < -0.39 is 29.4 Å². The second-order valence-corrected chi connectivity index (χ2v) is 11.5. The number of ether oxygens (including phenoxy) is 1. The van der Waals surface area contributed by atoms with Crippen LogP contribution in [0.2, 0.25) is 0 Å². The monoisotopic (exact) mass is 656 g/mol. The lowest BCUT2D eigenvalue weighted by atomic mass is 9.89. The first-order valence-electron chi connectivity index (χ1n) is 14.0. The van der Waals surface area contributed by atoms with Crippen molar-refractivity contribution in [2.24, 2.45) is 7.05 Å². The number of quaternary nitrogens is 1. The van der Waals surface area contributed by atoms with Crippen molar-refractivity contribution in [1.82, 2.24) is 24.5 Å². The van der Waals surface area contributed by atoms with E-state index in [4.69, 9.17) is 4.74 Å². The number of likely N-dealkylation sites (N-methyl/N-ethyl adjacent to an activating group) is 1. The van der Waals surface area contributed by atoms with E-state index in [9.17, 15) is 28.0 Å². The van der Waals surface area contributed by atoms with Crippen LogP contribution in [0.3, 0.4) is 0 Å². The number of anilines is 2. The van der Waals surface area contributed by atoms with E-state index in [1.54, 1.807) is 29.8 Å². The van der Waals surface area contributed by atoms with Crippen molar-refractivity contribution in [2.75, 3.05) is 32.6 Å². The SMILES string of the molecule is COC(=O)C1=C(C)N(c2cccc(C(F)(F)F)c2)c2n[nH]c(=O)n2C1c1ccc(C#N)cc1CC[N+](C)(C)Cc1ccn(C)n1.[Cl-]. The van der Waals surface area contributed by atoms with E-state index in [0.717, 1.165) is 17.8 Å². The van der Waals surface area contributed by atoms with Crippen molar-refractivity contribution in [2.45, 2.75) is 32.1 Å². The number of alkyl halides is 3. The van der Waals surface area contributed by atoms with Crippen LogP contribution in [0, 0.1) is 11.3 Å². The van der Waals surface area contributed by atoms with Gasteiger partial charge in [-0.1, -0.05) is 12.1 Å². The summed E-state index contributed by atoms with van der Waals surface area (Å²) in [5.74, 6) is -0.772. The summed E-state index contributed by atoms with van der Waals surface area (Å²) in [5, 5.41) is 20.8. The number of halogens is 4. The van der Waals surface area contributed by atoms with E-state index in [1.165, 1.54) is 28.7 Å². The molecule has 0 bridgehead atoms. The van der Waals surface area contributed by atoms with Crippen LogP contribution < -0.4 is 23.0 Å². The normalized spacial score (nSPS) is 14.8. The van der Waals surface area contributed by atoms with Crippen LogP contribution in [0.25, 0.3) is 0 Å². The summed E-state index contributed by atoms with van der Waals surface area (Å²) in [6.07, 6.45) is -2.28. The van der Waals surface area contributed by atoms with Crippen LogP contribution in [0.1, 0.15) is 40.9 Å². The summed E-state index contributed by atoms with van der Waals surface area (Å²) in [6, 6.07) is 12.6. The van der Waals surface area contributed by atoms with Gasteiger partial charge in [0.25, 0.3) is 0 Å². The van der Waals surface area contributed by atoms with Gasteiger partial charge < -0.3 is 21.6 Å². The average Bonchev–Trinajstić information content (AvgIpc) is 3.58. The van der Waals surface area contributed by atoms with Gasteiger partial charge in [0.15, 0.2) is 0 Å². The van der Waals surface area contributed by atoms with Crippen molar-refractivity contribution in [3.05, 3.63) is 104 Å². The lowest BCUT2D eigenvalue weighted by molar-refractivity contribution is -0.903. The molecule has 1 N–H and O–H groups in total. The van der Waals surface area contributed by atoms with Gasteiger partial charge >= 0.3 is 17.8 Å². The molecule has 4 aromatic rings. The largest absolute Gasteiger partial charge is 1.00 e. The van der Waals surface area contributed by atoms with Gasteiger partial charge in [-0.15, -0.1) is 5.10 Å². The van der Waals surface area contributed by atoms with Crippen LogP contribution in [0.5, 0.6) is 0 Å². The van der Waals surface area contributed by atoms with Gasteiger partial charge in [0.05, 0.1) is 50.5 Å². The molecule has 242 valence electrons. The molecular weight excluding hydrogens is 625 g/mol. The molecule has 0 spiro atoms. The first kappa shape index (κ1) is 34.0. The molecule has 15 heteroatoms. The van der Waals surface area contributed by atoms with E-state index in [0.29, 0.717) is 40.7 Å². The molecule has 0 fully saturated rings. The molecule has 11 nitrogen and oxygen atoms in total. The molecule has 0 aliphatic carbocycles. The molecule has 0 radical (unpaired) electrons. The van der Waals surface area contributed by atoms with Gasteiger partial charge in [0.1, 0.15) is 18.3 Å². The number of aryl methyl sites for hydroxylation is 1. The summed E-state index contributed by atoms with van der Waals surface area (Å²) in [4.78, 5) is 28.2. The predicted molar refractivity (Wildman–Crippen MR) is 158 cm³/mol. The topological polar surface area (TPSA) is 122 Å². The molecule has 0 saturated carbocycles. The van der Waals surface area contributed by atoms with Gasteiger partial charge in [-0.25, -0.2) is 19.3 Å². The van der Waals surface area contributed by atoms with Crippen molar-refractivity contribution < 1.29 is 39.6 Å². The molecule has 46 heavy (non-hydrogen) atoms. The summed E-state index contributed by atoms with van der Waals surface area (Å²) in [6.45, 7) is 2.82. The van der Waals surface area contributed by atoms with Crippen LogP contribution in [0.4, 0.5) is 24.8 Å². The Morgan fingerprint density at radius 2 is 1.91 bits per heavy atom. The van der Waals surface area contributed by atoms with Gasteiger partial charge in [0, 0.05) is 31.0 Å². The summed E-state index contributed by atoms with van der Waals surface area (Å²) < 4.78 is 49.6. The molecule has 3 heterocycles. The fraction of sp³-hybridized carbons (Fsp3) is 0.323. The number of carbonyl (C=O) groups excluding carboxylic acids is 1. The van der Waals surface area contributed by atoms with Crippen molar-refractivity contribution in [3.8, 4) is 6.07 Å². The molecule has 2 aromatic heterocycles. The number of rotatable bonds is 8. The van der Waals surface area contributed by atoms with Gasteiger partial charge in [0.2, 0.25) is 5.95 Å². The molecule has 0 saturated heterocycles. The van der Waals surface area contributed by atoms with Crippen LogP contribution in [-0.4, -0.2) is 62.7 Å². The number of aromatic amines is 1. The number of allylic oxidation sites excluding steroid dienone is 1. The minimum atomic E-state index is -4.62. The minimum Gasteiger partial charge on any atom is -1.00 e. The molecule has 1 aliphatic heterocycles. The number of aromatic nitrogens is 5. The molecule has 2 aromatic carbocycles. The van der Waals surface area contributed by atoms with E-state index in [2.05, 4.69) is 35.5 Å².